The van der Waals surface area contributed by atoms with Gasteiger partial charge in [-0.2, -0.15) is 0 Å². The van der Waals surface area contributed by atoms with Gasteiger partial charge in [0.2, 0.25) is 0 Å². The van der Waals surface area contributed by atoms with E-state index in [1.807, 2.05) is 6.07 Å². The van der Waals surface area contributed by atoms with E-state index in [1.165, 1.54) is 6.07 Å². The summed E-state index contributed by atoms with van der Waals surface area (Å²) in [4.78, 5) is 0. The van der Waals surface area contributed by atoms with Gasteiger partial charge in [0.05, 0.1) is 6.04 Å². The fourth-order valence-electron chi connectivity index (χ4n) is 1.95. The van der Waals surface area contributed by atoms with Crippen LogP contribution in [0.15, 0.2) is 40.9 Å². The summed E-state index contributed by atoms with van der Waals surface area (Å²) in [5.74, 6) is 5.23. The molecule has 2 aromatic rings. The lowest BCUT2D eigenvalue weighted by atomic mass is 9.99. The van der Waals surface area contributed by atoms with Crippen molar-refractivity contribution in [2.24, 2.45) is 5.84 Å². The molecule has 1 atom stereocenters. The zero-order valence-electron chi connectivity index (χ0n) is 10.3. The number of nitrogens with two attached hydrogens (primary N) is 1. The third-order valence-electron chi connectivity index (χ3n) is 2.97. The van der Waals surface area contributed by atoms with Gasteiger partial charge in [0.15, 0.2) is 0 Å². The summed E-state index contributed by atoms with van der Waals surface area (Å²) in [5.41, 5.74) is 3.95. The van der Waals surface area contributed by atoms with Crippen LogP contribution < -0.4 is 11.3 Å². The van der Waals surface area contributed by atoms with Gasteiger partial charge in [-0.25, -0.2) is 4.39 Å². The minimum absolute atomic E-state index is 0.318. The van der Waals surface area contributed by atoms with Crippen LogP contribution in [0.3, 0.4) is 0 Å². The fraction of sp³-hybridized carbons (Fsp3) is 0.143. The van der Waals surface area contributed by atoms with Crippen LogP contribution in [0.2, 0.25) is 10.0 Å². The van der Waals surface area contributed by atoms with Crippen molar-refractivity contribution in [3.63, 3.8) is 0 Å². The Balaban J connectivity index is 2.31. The van der Waals surface area contributed by atoms with Crippen LogP contribution in [0.1, 0.15) is 17.2 Å². The second kappa shape index (κ2) is 6.87. The van der Waals surface area contributed by atoms with E-state index in [4.69, 9.17) is 29.0 Å². The Labute approximate surface area is 135 Å². The maximum absolute atomic E-state index is 13.9. The Kier molecular flexibility index (Phi) is 5.41. The van der Waals surface area contributed by atoms with Gasteiger partial charge in [-0.3, -0.25) is 11.3 Å². The van der Waals surface area contributed by atoms with E-state index < -0.39 is 0 Å². The van der Waals surface area contributed by atoms with Crippen LogP contribution in [0.25, 0.3) is 0 Å². The molecule has 2 aromatic carbocycles. The zero-order valence-corrected chi connectivity index (χ0v) is 13.4. The summed E-state index contributed by atoms with van der Waals surface area (Å²) < 4.78 is 14.7. The number of benzene rings is 2. The molecule has 0 fully saturated rings. The monoisotopic (exact) mass is 376 g/mol. The molecule has 0 bridgehead atoms. The van der Waals surface area contributed by atoms with Crippen molar-refractivity contribution in [3.8, 4) is 0 Å². The normalized spacial score (nSPS) is 12.4. The molecule has 106 valence electrons. The molecule has 2 nitrogen and oxygen atoms in total. The van der Waals surface area contributed by atoms with E-state index in [9.17, 15) is 4.39 Å². The first kappa shape index (κ1) is 15.7. The van der Waals surface area contributed by atoms with E-state index in [-0.39, 0.29) is 11.9 Å². The van der Waals surface area contributed by atoms with Crippen molar-refractivity contribution in [1.29, 1.82) is 0 Å². The van der Waals surface area contributed by atoms with Crippen LogP contribution in [0.4, 0.5) is 4.39 Å². The van der Waals surface area contributed by atoms with Gasteiger partial charge in [-0.15, -0.1) is 0 Å². The molecule has 0 saturated heterocycles. The van der Waals surface area contributed by atoms with Crippen molar-refractivity contribution >= 4 is 39.1 Å². The van der Waals surface area contributed by atoms with Crippen molar-refractivity contribution in [1.82, 2.24) is 5.43 Å². The van der Waals surface area contributed by atoms with Crippen LogP contribution in [-0.4, -0.2) is 0 Å². The predicted molar refractivity (Wildman–Crippen MR) is 84.3 cm³/mol. The van der Waals surface area contributed by atoms with Crippen LogP contribution in [0.5, 0.6) is 0 Å². The van der Waals surface area contributed by atoms with Gasteiger partial charge < -0.3 is 0 Å². The number of nitrogens with one attached hydrogen (secondary N) is 1. The van der Waals surface area contributed by atoms with Crippen molar-refractivity contribution < 1.29 is 4.39 Å². The van der Waals surface area contributed by atoms with Crippen molar-refractivity contribution in [2.45, 2.75) is 12.5 Å². The van der Waals surface area contributed by atoms with Crippen molar-refractivity contribution in [2.75, 3.05) is 0 Å². The molecule has 0 aliphatic carbocycles. The first-order chi connectivity index (χ1) is 9.51. The summed E-state index contributed by atoms with van der Waals surface area (Å²) in [6.45, 7) is 0. The summed E-state index contributed by atoms with van der Waals surface area (Å²) in [6, 6.07) is 9.56. The molecule has 2 rings (SSSR count). The highest BCUT2D eigenvalue weighted by atomic mass is 79.9. The highest BCUT2D eigenvalue weighted by Crippen LogP contribution is 2.28. The van der Waals surface area contributed by atoms with Crippen LogP contribution in [-0.2, 0) is 6.42 Å². The number of hydrogen-bond donors (Lipinski definition) is 2. The Bertz CT molecular complexity index is 622. The minimum atomic E-state index is -0.383. The maximum atomic E-state index is 13.9. The highest BCUT2D eigenvalue weighted by molar-refractivity contribution is 9.10. The molecule has 0 amide bonds. The third-order valence-corrected chi connectivity index (χ3v) is 4.05. The molecule has 0 saturated carbocycles. The summed E-state index contributed by atoms with van der Waals surface area (Å²) in [5, 5.41) is 1.10. The second-order valence-corrected chi connectivity index (χ2v) is 6.08. The lowest BCUT2D eigenvalue weighted by Crippen LogP contribution is -2.30. The Morgan fingerprint density at radius 3 is 2.60 bits per heavy atom. The molecule has 0 aromatic heterocycles. The molecule has 6 heteroatoms. The lowest BCUT2D eigenvalue weighted by Gasteiger charge is -2.18. The first-order valence-corrected chi connectivity index (χ1v) is 7.41. The molecule has 0 heterocycles. The fourth-order valence-corrected chi connectivity index (χ4v) is 2.81. The Hall–Kier alpha value is -0.650. The van der Waals surface area contributed by atoms with Gasteiger partial charge in [0, 0.05) is 20.1 Å². The van der Waals surface area contributed by atoms with E-state index >= 15 is 0 Å². The van der Waals surface area contributed by atoms with Crippen LogP contribution in [0, 0.1) is 5.82 Å². The number of hydrazine groups is 1. The quantitative estimate of drug-likeness (QED) is 0.601. The zero-order chi connectivity index (χ0) is 14.7. The molecule has 0 radical (unpaired) electrons. The number of hydrogen-bond acceptors (Lipinski definition) is 2. The third kappa shape index (κ3) is 3.71. The van der Waals surface area contributed by atoms with Gasteiger partial charge in [-0.1, -0.05) is 45.2 Å². The average Bonchev–Trinajstić information content (AvgIpc) is 2.41. The smallest absolute Gasteiger partial charge is 0.128 e. The standard InChI is InChI=1S/C14H12BrCl2FN2/c15-9-2-4-13(18)11(6-9)14(20-19)5-8-1-3-10(16)7-12(8)17/h1-4,6-7,14,20H,5,19H2. The van der Waals surface area contributed by atoms with E-state index in [1.54, 1.807) is 24.3 Å². The average molecular weight is 378 g/mol. The Morgan fingerprint density at radius 1 is 1.20 bits per heavy atom. The van der Waals surface area contributed by atoms with E-state index in [2.05, 4.69) is 21.4 Å². The predicted octanol–water partition coefficient (Wildman–Crippen LogP) is 4.64. The number of halogens is 4. The van der Waals surface area contributed by atoms with Crippen molar-refractivity contribution in [3.05, 3.63) is 67.9 Å². The second-order valence-electron chi connectivity index (χ2n) is 4.32. The van der Waals surface area contributed by atoms with Gasteiger partial charge >= 0.3 is 0 Å². The molecule has 20 heavy (non-hydrogen) atoms. The SMILES string of the molecule is NNC(Cc1ccc(Cl)cc1Cl)c1cc(Br)ccc1F. The largest absolute Gasteiger partial charge is 0.271 e. The molecule has 0 spiro atoms. The summed E-state index contributed by atoms with van der Waals surface area (Å²) in [6.07, 6.45) is 0.458. The lowest BCUT2D eigenvalue weighted by molar-refractivity contribution is 0.510. The van der Waals surface area contributed by atoms with Gasteiger partial charge in [0.1, 0.15) is 5.82 Å². The van der Waals surface area contributed by atoms with Gasteiger partial charge in [0.25, 0.3) is 0 Å². The Morgan fingerprint density at radius 2 is 1.95 bits per heavy atom. The molecule has 3 N–H and O–H groups in total. The van der Waals surface area contributed by atoms with E-state index in [0.717, 1.165) is 10.0 Å². The molecule has 0 aliphatic rings. The molecular formula is C14H12BrCl2FN2. The summed E-state index contributed by atoms with van der Waals surface area (Å²) in [7, 11) is 0. The first-order valence-electron chi connectivity index (χ1n) is 5.86. The van der Waals surface area contributed by atoms with Gasteiger partial charge in [-0.05, 0) is 42.3 Å². The topological polar surface area (TPSA) is 38.0 Å². The molecular weight excluding hydrogens is 366 g/mol. The minimum Gasteiger partial charge on any atom is -0.271 e. The molecule has 1 unspecified atom stereocenters. The maximum Gasteiger partial charge on any atom is 0.128 e. The van der Waals surface area contributed by atoms with Crippen LogP contribution >= 0.6 is 39.1 Å². The highest BCUT2D eigenvalue weighted by Gasteiger charge is 2.17. The summed E-state index contributed by atoms with van der Waals surface area (Å²) >= 11 is 15.3. The molecule has 0 aliphatic heterocycles. The van der Waals surface area contributed by atoms with E-state index in [0.29, 0.717) is 22.0 Å². The number of rotatable bonds is 4.